The van der Waals surface area contributed by atoms with Gasteiger partial charge >= 0.3 is 0 Å². The molecule has 0 aliphatic rings. The maximum absolute atomic E-state index is 9.57. The Morgan fingerprint density at radius 3 is 1.62 bits per heavy atom. The van der Waals surface area contributed by atoms with Crippen LogP contribution in [0.5, 0.6) is 11.5 Å². The number of hydrogen-bond acceptors (Lipinski definition) is 6. The number of oxazole rings is 2. The molecule has 26 heavy (non-hydrogen) atoms. The van der Waals surface area contributed by atoms with Crippen LogP contribution in [0.4, 0.5) is 0 Å². The van der Waals surface area contributed by atoms with Crippen molar-refractivity contribution in [2.45, 2.75) is 0 Å². The summed E-state index contributed by atoms with van der Waals surface area (Å²) < 4.78 is 11.5. The summed E-state index contributed by atoms with van der Waals surface area (Å²) in [6.07, 6.45) is 0. The first-order valence-corrected chi connectivity index (χ1v) is 7.96. The zero-order valence-electron chi connectivity index (χ0n) is 13.4. The van der Waals surface area contributed by atoms with E-state index in [2.05, 4.69) is 9.97 Å². The van der Waals surface area contributed by atoms with Crippen LogP contribution in [0.2, 0.25) is 0 Å². The van der Waals surface area contributed by atoms with Gasteiger partial charge in [-0.1, -0.05) is 6.07 Å². The van der Waals surface area contributed by atoms with Crippen LogP contribution in [0.3, 0.4) is 0 Å². The van der Waals surface area contributed by atoms with Crippen molar-refractivity contribution in [2.24, 2.45) is 0 Å². The van der Waals surface area contributed by atoms with Gasteiger partial charge in [0.25, 0.3) is 0 Å². The van der Waals surface area contributed by atoms with Crippen molar-refractivity contribution >= 4 is 22.2 Å². The topological polar surface area (TPSA) is 92.5 Å². The molecule has 5 aromatic rings. The Morgan fingerprint density at radius 1 is 0.615 bits per heavy atom. The predicted octanol–water partition coefficient (Wildman–Crippen LogP) is 4.71. The van der Waals surface area contributed by atoms with E-state index < -0.39 is 0 Å². The van der Waals surface area contributed by atoms with Gasteiger partial charge in [0.15, 0.2) is 11.2 Å². The second-order valence-corrected chi connectivity index (χ2v) is 5.92. The molecule has 0 aliphatic heterocycles. The average Bonchev–Trinajstić information content (AvgIpc) is 3.25. The van der Waals surface area contributed by atoms with Crippen LogP contribution in [-0.4, -0.2) is 20.2 Å². The van der Waals surface area contributed by atoms with Crippen LogP contribution in [0, 0.1) is 0 Å². The van der Waals surface area contributed by atoms with E-state index in [1.54, 1.807) is 24.3 Å². The molecule has 2 aromatic heterocycles. The summed E-state index contributed by atoms with van der Waals surface area (Å²) in [5.74, 6) is 1.15. The van der Waals surface area contributed by atoms with Gasteiger partial charge in [0.05, 0.1) is 0 Å². The lowest BCUT2D eigenvalue weighted by molar-refractivity contribution is 0.474. The minimum absolute atomic E-state index is 0.128. The van der Waals surface area contributed by atoms with Crippen LogP contribution in [0.15, 0.2) is 69.5 Å². The Morgan fingerprint density at radius 2 is 1.12 bits per heavy atom. The molecule has 126 valence electrons. The molecular weight excluding hydrogens is 332 g/mol. The highest BCUT2D eigenvalue weighted by Crippen LogP contribution is 2.31. The van der Waals surface area contributed by atoms with Gasteiger partial charge in [-0.25, -0.2) is 9.97 Å². The van der Waals surface area contributed by atoms with Crippen molar-refractivity contribution in [1.29, 1.82) is 0 Å². The molecule has 6 nitrogen and oxygen atoms in total. The molecule has 5 rings (SSSR count). The molecule has 0 saturated heterocycles. The molecule has 6 heteroatoms. The van der Waals surface area contributed by atoms with Gasteiger partial charge in [0, 0.05) is 23.3 Å². The third kappa shape index (κ3) is 2.36. The fourth-order valence-corrected chi connectivity index (χ4v) is 2.86. The van der Waals surface area contributed by atoms with Crippen molar-refractivity contribution in [3.63, 3.8) is 0 Å². The molecule has 0 saturated carbocycles. The number of phenols is 2. The zero-order chi connectivity index (χ0) is 17.7. The Labute approximate surface area is 147 Å². The van der Waals surface area contributed by atoms with E-state index in [0.717, 1.165) is 11.1 Å². The lowest BCUT2D eigenvalue weighted by atomic mass is 10.1. The van der Waals surface area contributed by atoms with E-state index in [4.69, 9.17) is 8.83 Å². The molecule has 0 amide bonds. The lowest BCUT2D eigenvalue weighted by Gasteiger charge is -1.98. The highest BCUT2D eigenvalue weighted by molar-refractivity contribution is 5.80. The Hall–Kier alpha value is -3.80. The minimum atomic E-state index is 0.128. The van der Waals surface area contributed by atoms with Crippen LogP contribution in [-0.2, 0) is 0 Å². The minimum Gasteiger partial charge on any atom is -0.508 e. The summed E-state index contributed by atoms with van der Waals surface area (Å²) in [5, 5.41) is 19.1. The number of aromatic hydroxyl groups is 2. The molecule has 0 fully saturated rings. The van der Waals surface area contributed by atoms with E-state index >= 15 is 0 Å². The van der Waals surface area contributed by atoms with Gasteiger partial charge < -0.3 is 19.0 Å². The zero-order valence-corrected chi connectivity index (χ0v) is 13.4. The second-order valence-electron chi connectivity index (χ2n) is 5.92. The Bertz CT molecular complexity index is 1170. The molecule has 0 spiro atoms. The number of aromatic nitrogens is 2. The molecule has 2 heterocycles. The predicted molar refractivity (Wildman–Crippen MR) is 95.8 cm³/mol. The summed E-state index contributed by atoms with van der Waals surface area (Å²) in [6.45, 7) is 0. The summed E-state index contributed by atoms with van der Waals surface area (Å²) in [7, 11) is 0. The number of phenolic OH excluding ortho intramolecular Hbond substituents is 2. The molecule has 0 aliphatic carbocycles. The van der Waals surface area contributed by atoms with Gasteiger partial charge in [-0.3, -0.25) is 0 Å². The van der Waals surface area contributed by atoms with E-state index in [1.165, 1.54) is 12.1 Å². The summed E-state index contributed by atoms with van der Waals surface area (Å²) in [5.41, 5.74) is 3.90. The summed E-state index contributed by atoms with van der Waals surface area (Å²) in [4.78, 5) is 8.90. The highest BCUT2D eigenvalue weighted by atomic mass is 16.4. The third-order valence-electron chi connectivity index (χ3n) is 4.10. The fourth-order valence-electron chi connectivity index (χ4n) is 2.86. The normalized spacial score (nSPS) is 11.4. The molecule has 0 atom stereocenters. The number of fused-ring (bicyclic) bond motifs is 2. The van der Waals surface area contributed by atoms with E-state index in [0.29, 0.717) is 34.0 Å². The van der Waals surface area contributed by atoms with Gasteiger partial charge in [0.1, 0.15) is 22.5 Å². The van der Waals surface area contributed by atoms with Gasteiger partial charge in [-0.15, -0.1) is 0 Å². The van der Waals surface area contributed by atoms with E-state index in [1.807, 2.05) is 24.3 Å². The molecular formula is C20H12N2O4. The van der Waals surface area contributed by atoms with Crippen molar-refractivity contribution in [1.82, 2.24) is 9.97 Å². The number of nitrogens with zero attached hydrogens (tertiary/aromatic N) is 2. The van der Waals surface area contributed by atoms with Crippen molar-refractivity contribution in [3.8, 4) is 34.4 Å². The second kappa shape index (κ2) is 5.35. The van der Waals surface area contributed by atoms with Gasteiger partial charge in [-0.05, 0) is 42.5 Å². The van der Waals surface area contributed by atoms with Gasteiger partial charge in [0.2, 0.25) is 11.8 Å². The van der Waals surface area contributed by atoms with Crippen LogP contribution in [0.1, 0.15) is 0 Å². The molecule has 0 radical (unpaired) electrons. The summed E-state index contributed by atoms with van der Waals surface area (Å²) >= 11 is 0. The number of hydrogen-bond donors (Lipinski definition) is 2. The Kier molecular flexibility index (Phi) is 2.99. The van der Waals surface area contributed by atoms with Crippen LogP contribution in [0.25, 0.3) is 45.1 Å². The number of rotatable bonds is 2. The van der Waals surface area contributed by atoms with Crippen LogP contribution >= 0.6 is 0 Å². The SMILES string of the molecule is Oc1ccc2nc(-c3cccc(-c4nc5ccc(O)cc5o4)c3)oc2c1. The highest BCUT2D eigenvalue weighted by Gasteiger charge is 2.13. The number of benzene rings is 3. The fraction of sp³-hybridized carbons (Fsp3) is 0. The van der Waals surface area contributed by atoms with E-state index in [-0.39, 0.29) is 11.5 Å². The maximum Gasteiger partial charge on any atom is 0.227 e. The maximum atomic E-state index is 9.57. The monoisotopic (exact) mass is 344 g/mol. The first-order chi connectivity index (χ1) is 12.7. The molecule has 0 bridgehead atoms. The first kappa shape index (κ1) is 14.5. The third-order valence-corrected chi connectivity index (χ3v) is 4.10. The molecule has 0 unspecified atom stereocenters. The van der Waals surface area contributed by atoms with Crippen molar-refractivity contribution in [2.75, 3.05) is 0 Å². The standard InChI is InChI=1S/C20H12N2O4/c23-13-4-6-15-17(9-13)25-19(21-15)11-2-1-3-12(8-11)20-22-16-7-5-14(24)10-18(16)26-20/h1-10,23-24H. The summed E-state index contributed by atoms with van der Waals surface area (Å²) in [6, 6.07) is 17.1. The van der Waals surface area contributed by atoms with Crippen LogP contribution < -0.4 is 0 Å². The lowest BCUT2D eigenvalue weighted by Crippen LogP contribution is -1.81. The first-order valence-electron chi connectivity index (χ1n) is 7.96. The largest absolute Gasteiger partial charge is 0.508 e. The Balaban J connectivity index is 1.60. The van der Waals surface area contributed by atoms with Gasteiger partial charge in [-0.2, -0.15) is 0 Å². The smallest absolute Gasteiger partial charge is 0.227 e. The van der Waals surface area contributed by atoms with Crippen molar-refractivity contribution in [3.05, 3.63) is 60.7 Å². The average molecular weight is 344 g/mol. The molecule has 3 aromatic carbocycles. The van der Waals surface area contributed by atoms with E-state index in [9.17, 15) is 10.2 Å². The quantitative estimate of drug-likeness (QED) is 0.481. The van der Waals surface area contributed by atoms with Crippen molar-refractivity contribution < 1.29 is 19.0 Å². The molecule has 2 N–H and O–H groups in total.